The summed E-state index contributed by atoms with van der Waals surface area (Å²) in [5, 5.41) is 10.1. The molecule has 3 saturated carbocycles. The smallest absolute Gasteiger partial charge is 0.0543 e. The van der Waals surface area contributed by atoms with E-state index in [9.17, 15) is 5.11 Å². The first-order valence-electron chi connectivity index (χ1n) is 9.96. The number of fused-ring (bicyclic) bond motifs is 1. The Morgan fingerprint density at radius 1 is 0.810 bits per heavy atom. The van der Waals surface area contributed by atoms with Crippen LogP contribution >= 0.6 is 0 Å². The molecule has 3 rings (SSSR count). The van der Waals surface area contributed by atoms with Crippen LogP contribution in [0.5, 0.6) is 0 Å². The van der Waals surface area contributed by atoms with Crippen LogP contribution in [0.4, 0.5) is 0 Å². The Morgan fingerprint density at radius 3 is 2.29 bits per heavy atom. The van der Waals surface area contributed by atoms with Gasteiger partial charge in [0.2, 0.25) is 0 Å². The zero-order valence-electron chi connectivity index (χ0n) is 14.1. The summed E-state index contributed by atoms with van der Waals surface area (Å²) in [6, 6.07) is 0. The van der Waals surface area contributed by atoms with Crippen LogP contribution in [-0.2, 0) is 0 Å². The third kappa shape index (κ3) is 3.84. The third-order valence-electron chi connectivity index (χ3n) is 7.15. The fourth-order valence-corrected chi connectivity index (χ4v) is 5.94. The molecule has 0 aliphatic heterocycles. The minimum Gasteiger partial charge on any atom is -0.393 e. The number of hydrogen-bond donors (Lipinski definition) is 1. The molecule has 1 heteroatoms. The third-order valence-corrected chi connectivity index (χ3v) is 7.15. The molecule has 0 bridgehead atoms. The number of unbranched alkanes of at least 4 members (excludes halogenated alkanes) is 1. The Kier molecular flexibility index (Phi) is 5.65. The molecule has 4 atom stereocenters. The van der Waals surface area contributed by atoms with E-state index in [-0.39, 0.29) is 6.10 Å². The maximum absolute atomic E-state index is 10.1. The molecule has 122 valence electrons. The highest BCUT2D eigenvalue weighted by Gasteiger charge is 2.41. The molecule has 0 spiro atoms. The minimum atomic E-state index is 0.0211. The summed E-state index contributed by atoms with van der Waals surface area (Å²) in [6.07, 6.45) is 18.2. The molecular formula is C20H36O. The lowest BCUT2D eigenvalue weighted by atomic mass is 9.59. The fraction of sp³-hybridized carbons (Fsp3) is 1.00. The highest BCUT2D eigenvalue weighted by Crippen LogP contribution is 2.50. The van der Waals surface area contributed by atoms with Crippen molar-refractivity contribution in [2.45, 2.75) is 96.5 Å². The van der Waals surface area contributed by atoms with Gasteiger partial charge >= 0.3 is 0 Å². The predicted octanol–water partition coefficient (Wildman–Crippen LogP) is 5.56. The average Bonchev–Trinajstić information content (AvgIpc) is 2.53. The Hall–Kier alpha value is -0.0400. The van der Waals surface area contributed by atoms with Crippen LogP contribution in [0.2, 0.25) is 0 Å². The first kappa shape index (κ1) is 15.8. The van der Waals surface area contributed by atoms with E-state index in [0.717, 1.165) is 42.4 Å². The van der Waals surface area contributed by atoms with Crippen molar-refractivity contribution in [1.29, 1.82) is 0 Å². The van der Waals surface area contributed by atoms with E-state index in [4.69, 9.17) is 0 Å². The minimum absolute atomic E-state index is 0.0211. The SMILES string of the molecule is CCCCC1CCC(C2CCCC3CCC(O)CC32)CC1. The van der Waals surface area contributed by atoms with Crippen molar-refractivity contribution in [2.24, 2.45) is 29.6 Å². The standard InChI is InChI=1S/C20H36O/c1-2-3-5-15-8-10-17(11-9-15)19-7-4-6-16-12-13-18(21)14-20(16)19/h15-21H,2-14H2,1H3. The Balaban J connectivity index is 1.54. The lowest BCUT2D eigenvalue weighted by Gasteiger charge is -2.47. The van der Waals surface area contributed by atoms with Gasteiger partial charge < -0.3 is 5.11 Å². The van der Waals surface area contributed by atoms with Gasteiger partial charge in [0, 0.05) is 0 Å². The van der Waals surface area contributed by atoms with Gasteiger partial charge in [0.1, 0.15) is 0 Å². The van der Waals surface area contributed by atoms with Crippen LogP contribution in [0.15, 0.2) is 0 Å². The van der Waals surface area contributed by atoms with Gasteiger partial charge in [0.15, 0.2) is 0 Å². The number of hydrogen-bond acceptors (Lipinski definition) is 1. The van der Waals surface area contributed by atoms with Crippen molar-refractivity contribution >= 4 is 0 Å². The van der Waals surface area contributed by atoms with E-state index in [1.165, 1.54) is 70.6 Å². The molecule has 3 fully saturated rings. The normalized spacial score (nSPS) is 44.3. The van der Waals surface area contributed by atoms with Gasteiger partial charge in [-0.15, -0.1) is 0 Å². The second-order valence-electron chi connectivity index (χ2n) is 8.41. The highest BCUT2D eigenvalue weighted by atomic mass is 16.3. The van der Waals surface area contributed by atoms with E-state index in [1.807, 2.05) is 0 Å². The maximum atomic E-state index is 10.1. The molecule has 0 saturated heterocycles. The van der Waals surface area contributed by atoms with Crippen LogP contribution in [0.25, 0.3) is 0 Å². The van der Waals surface area contributed by atoms with E-state index in [0.29, 0.717) is 0 Å². The molecule has 0 aromatic rings. The van der Waals surface area contributed by atoms with Crippen LogP contribution in [0.1, 0.15) is 90.4 Å². The molecular weight excluding hydrogens is 256 g/mol. The van der Waals surface area contributed by atoms with Gasteiger partial charge in [0.05, 0.1) is 6.10 Å². The second-order valence-corrected chi connectivity index (χ2v) is 8.41. The number of rotatable bonds is 4. The molecule has 0 aromatic carbocycles. The van der Waals surface area contributed by atoms with Gasteiger partial charge in [-0.2, -0.15) is 0 Å². The molecule has 4 unspecified atom stereocenters. The van der Waals surface area contributed by atoms with Crippen LogP contribution in [0, 0.1) is 29.6 Å². The Labute approximate surface area is 131 Å². The molecule has 0 amide bonds. The van der Waals surface area contributed by atoms with Crippen molar-refractivity contribution in [3.05, 3.63) is 0 Å². The van der Waals surface area contributed by atoms with E-state index >= 15 is 0 Å². The summed E-state index contributed by atoms with van der Waals surface area (Å²) in [4.78, 5) is 0. The summed E-state index contributed by atoms with van der Waals surface area (Å²) in [5.41, 5.74) is 0. The summed E-state index contributed by atoms with van der Waals surface area (Å²) in [5.74, 6) is 4.84. The van der Waals surface area contributed by atoms with Crippen molar-refractivity contribution in [1.82, 2.24) is 0 Å². The summed E-state index contributed by atoms with van der Waals surface area (Å²) in [7, 11) is 0. The van der Waals surface area contributed by atoms with Gasteiger partial charge in [0.25, 0.3) is 0 Å². The first-order chi connectivity index (χ1) is 10.3. The largest absolute Gasteiger partial charge is 0.393 e. The van der Waals surface area contributed by atoms with Crippen molar-refractivity contribution in [3.63, 3.8) is 0 Å². The molecule has 1 nitrogen and oxygen atoms in total. The Bertz CT molecular complexity index is 305. The van der Waals surface area contributed by atoms with Crippen LogP contribution in [-0.4, -0.2) is 11.2 Å². The molecule has 3 aliphatic carbocycles. The lowest BCUT2D eigenvalue weighted by Crippen LogP contribution is -2.39. The van der Waals surface area contributed by atoms with Gasteiger partial charge in [-0.1, -0.05) is 51.9 Å². The summed E-state index contributed by atoms with van der Waals surface area (Å²) in [6.45, 7) is 2.32. The van der Waals surface area contributed by atoms with Gasteiger partial charge in [-0.25, -0.2) is 0 Å². The maximum Gasteiger partial charge on any atom is 0.0543 e. The quantitative estimate of drug-likeness (QED) is 0.719. The summed E-state index contributed by atoms with van der Waals surface area (Å²) < 4.78 is 0. The van der Waals surface area contributed by atoms with Crippen molar-refractivity contribution in [3.8, 4) is 0 Å². The zero-order chi connectivity index (χ0) is 14.7. The van der Waals surface area contributed by atoms with Crippen LogP contribution < -0.4 is 0 Å². The molecule has 21 heavy (non-hydrogen) atoms. The first-order valence-corrected chi connectivity index (χ1v) is 9.96. The van der Waals surface area contributed by atoms with Crippen molar-refractivity contribution < 1.29 is 5.11 Å². The van der Waals surface area contributed by atoms with E-state index in [1.54, 1.807) is 0 Å². The molecule has 1 N–H and O–H groups in total. The highest BCUT2D eigenvalue weighted by molar-refractivity contribution is 4.91. The van der Waals surface area contributed by atoms with Gasteiger partial charge in [-0.05, 0) is 68.1 Å². The molecule has 0 radical (unpaired) electrons. The van der Waals surface area contributed by atoms with Crippen LogP contribution in [0.3, 0.4) is 0 Å². The zero-order valence-corrected chi connectivity index (χ0v) is 14.1. The second kappa shape index (κ2) is 7.49. The molecule has 0 aromatic heterocycles. The summed E-state index contributed by atoms with van der Waals surface area (Å²) >= 11 is 0. The average molecular weight is 293 g/mol. The van der Waals surface area contributed by atoms with E-state index in [2.05, 4.69) is 6.92 Å². The van der Waals surface area contributed by atoms with E-state index < -0.39 is 0 Å². The number of aliphatic hydroxyl groups excluding tert-OH is 1. The Morgan fingerprint density at radius 2 is 1.52 bits per heavy atom. The number of aliphatic hydroxyl groups is 1. The van der Waals surface area contributed by atoms with Crippen molar-refractivity contribution in [2.75, 3.05) is 0 Å². The fourth-order valence-electron chi connectivity index (χ4n) is 5.94. The lowest BCUT2D eigenvalue weighted by molar-refractivity contribution is -0.00959. The molecule has 3 aliphatic rings. The topological polar surface area (TPSA) is 20.2 Å². The van der Waals surface area contributed by atoms with Gasteiger partial charge in [-0.3, -0.25) is 0 Å². The molecule has 0 heterocycles. The predicted molar refractivity (Wildman–Crippen MR) is 89.2 cm³/mol. The monoisotopic (exact) mass is 292 g/mol.